The van der Waals surface area contributed by atoms with Crippen LogP contribution < -0.4 is 15.5 Å². The molecule has 1 fully saturated rings. The first-order chi connectivity index (χ1) is 14.2. The number of carbonyl (C=O) groups excluding carboxylic acids is 2. The van der Waals surface area contributed by atoms with Gasteiger partial charge in [0.25, 0.3) is 5.91 Å². The van der Waals surface area contributed by atoms with Crippen LogP contribution in [0.2, 0.25) is 5.02 Å². The number of nitrogens with zero attached hydrogens (tertiary/aromatic N) is 2. The average Bonchev–Trinajstić information content (AvgIpc) is 2.70. The lowest BCUT2D eigenvalue weighted by Gasteiger charge is -2.36. The van der Waals surface area contributed by atoms with Gasteiger partial charge in [0.1, 0.15) is 0 Å². The maximum absolute atomic E-state index is 12.4. The lowest BCUT2D eigenvalue weighted by molar-refractivity contribution is -0.129. The van der Waals surface area contributed by atoms with Gasteiger partial charge in [-0.25, -0.2) is 0 Å². The minimum Gasteiger partial charge on any atom is -0.367 e. The van der Waals surface area contributed by atoms with Crippen molar-refractivity contribution in [1.29, 1.82) is 0 Å². The van der Waals surface area contributed by atoms with E-state index in [0.717, 1.165) is 29.9 Å². The molecule has 2 aromatic rings. The lowest BCUT2D eigenvalue weighted by Crippen LogP contribution is -2.48. The first-order valence-electron chi connectivity index (χ1n) is 9.74. The molecule has 2 aromatic carbocycles. The van der Waals surface area contributed by atoms with Gasteiger partial charge in [0, 0.05) is 44.4 Å². The predicted octanol–water partition coefficient (Wildman–Crippen LogP) is 3.75. The minimum atomic E-state index is -0.262. The summed E-state index contributed by atoms with van der Waals surface area (Å²) in [7, 11) is 0. The molecule has 0 bridgehead atoms. The van der Waals surface area contributed by atoms with Crippen LogP contribution >= 0.6 is 23.8 Å². The Hall–Kier alpha value is -2.64. The van der Waals surface area contributed by atoms with Crippen molar-refractivity contribution < 1.29 is 9.59 Å². The minimum absolute atomic E-state index is 0.0941. The van der Waals surface area contributed by atoms with E-state index in [1.165, 1.54) is 0 Å². The number of aryl methyl sites for hydroxylation is 2. The van der Waals surface area contributed by atoms with E-state index < -0.39 is 0 Å². The topological polar surface area (TPSA) is 64.7 Å². The standard InChI is InChI=1S/C22H25ClN4O2S/c1-14-4-5-17(12-15(14)2)21(29)25-22(30)24-18-6-7-20(19(23)13-18)27-10-8-26(9-11-27)16(3)28/h4-7,12-13H,8-11H2,1-3H3,(H2,24,25,29,30). The Morgan fingerprint density at radius 2 is 1.70 bits per heavy atom. The van der Waals surface area contributed by atoms with Crippen LogP contribution in [0.4, 0.5) is 11.4 Å². The zero-order valence-electron chi connectivity index (χ0n) is 17.3. The summed E-state index contributed by atoms with van der Waals surface area (Å²) in [5.74, 6) is -0.168. The van der Waals surface area contributed by atoms with Crippen molar-refractivity contribution in [3.8, 4) is 0 Å². The Balaban J connectivity index is 1.60. The van der Waals surface area contributed by atoms with E-state index in [9.17, 15) is 9.59 Å². The molecule has 3 rings (SSSR count). The Bertz CT molecular complexity index is 987. The normalized spacial score (nSPS) is 13.7. The SMILES string of the molecule is CC(=O)N1CCN(c2ccc(NC(=S)NC(=O)c3ccc(C)c(C)c3)cc2Cl)CC1. The highest BCUT2D eigenvalue weighted by molar-refractivity contribution is 7.80. The number of halogens is 1. The van der Waals surface area contributed by atoms with Crippen LogP contribution in [0.15, 0.2) is 36.4 Å². The van der Waals surface area contributed by atoms with Gasteiger partial charge in [-0.1, -0.05) is 17.7 Å². The second kappa shape index (κ2) is 9.45. The summed E-state index contributed by atoms with van der Waals surface area (Å²) in [6.45, 7) is 8.38. The van der Waals surface area contributed by atoms with Crippen LogP contribution in [0.25, 0.3) is 0 Å². The smallest absolute Gasteiger partial charge is 0.257 e. The van der Waals surface area contributed by atoms with Crippen molar-refractivity contribution in [2.24, 2.45) is 0 Å². The second-order valence-corrected chi connectivity index (χ2v) is 8.18. The molecule has 158 valence electrons. The monoisotopic (exact) mass is 444 g/mol. The Morgan fingerprint density at radius 1 is 1.00 bits per heavy atom. The summed E-state index contributed by atoms with van der Waals surface area (Å²) in [4.78, 5) is 27.9. The zero-order chi connectivity index (χ0) is 21.8. The van der Waals surface area contributed by atoms with Gasteiger partial charge in [-0.3, -0.25) is 14.9 Å². The van der Waals surface area contributed by atoms with Crippen LogP contribution in [0, 0.1) is 13.8 Å². The van der Waals surface area contributed by atoms with Crippen LogP contribution in [0.1, 0.15) is 28.4 Å². The first-order valence-corrected chi connectivity index (χ1v) is 10.5. The number of thiocarbonyl (C=S) groups is 1. The molecule has 0 unspecified atom stereocenters. The number of benzene rings is 2. The van der Waals surface area contributed by atoms with Crippen molar-refractivity contribution in [2.75, 3.05) is 36.4 Å². The molecule has 6 nitrogen and oxygen atoms in total. The molecule has 0 radical (unpaired) electrons. The highest BCUT2D eigenvalue weighted by Gasteiger charge is 2.20. The van der Waals surface area contributed by atoms with Gasteiger partial charge in [-0.2, -0.15) is 0 Å². The van der Waals surface area contributed by atoms with Gasteiger partial charge in [0.15, 0.2) is 5.11 Å². The summed E-state index contributed by atoms with van der Waals surface area (Å²) < 4.78 is 0. The number of amides is 2. The van der Waals surface area contributed by atoms with Crippen LogP contribution in [0.5, 0.6) is 0 Å². The Labute approximate surface area is 187 Å². The Kier molecular flexibility index (Phi) is 6.95. The van der Waals surface area contributed by atoms with Crippen LogP contribution in [-0.4, -0.2) is 48.0 Å². The van der Waals surface area contributed by atoms with E-state index in [-0.39, 0.29) is 16.9 Å². The van der Waals surface area contributed by atoms with E-state index in [4.69, 9.17) is 23.8 Å². The molecular weight excluding hydrogens is 420 g/mol. The summed E-state index contributed by atoms with van der Waals surface area (Å²) in [5, 5.41) is 6.49. The molecule has 2 amide bonds. The number of hydrogen-bond acceptors (Lipinski definition) is 4. The highest BCUT2D eigenvalue weighted by atomic mass is 35.5. The van der Waals surface area contributed by atoms with Crippen LogP contribution in [-0.2, 0) is 4.79 Å². The average molecular weight is 445 g/mol. The molecule has 1 heterocycles. The van der Waals surface area contributed by atoms with Gasteiger partial charge < -0.3 is 15.1 Å². The van der Waals surface area contributed by atoms with Crippen molar-refractivity contribution >= 4 is 52.1 Å². The van der Waals surface area contributed by atoms with Gasteiger partial charge >= 0.3 is 0 Å². The molecule has 2 N–H and O–H groups in total. The largest absolute Gasteiger partial charge is 0.367 e. The summed E-state index contributed by atoms with van der Waals surface area (Å²) >= 11 is 11.8. The lowest BCUT2D eigenvalue weighted by atomic mass is 10.1. The number of rotatable bonds is 3. The number of anilines is 2. The third-order valence-corrected chi connectivity index (χ3v) is 5.77. The number of nitrogens with one attached hydrogen (secondary N) is 2. The number of piperazine rings is 1. The molecule has 30 heavy (non-hydrogen) atoms. The summed E-state index contributed by atoms with van der Waals surface area (Å²) in [5.41, 5.74) is 4.34. The van der Waals surface area contributed by atoms with Crippen molar-refractivity contribution in [3.05, 3.63) is 58.1 Å². The number of hydrogen-bond donors (Lipinski definition) is 2. The van der Waals surface area contributed by atoms with Crippen molar-refractivity contribution in [3.63, 3.8) is 0 Å². The highest BCUT2D eigenvalue weighted by Crippen LogP contribution is 2.29. The van der Waals surface area contributed by atoms with E-state index in [1.54, 1.807) is 19.1 Å². The first kappa shape index (κ1) is 22.1. The quantitative estimate of drug-likeness (QED) is 0.706. The van der Waals surface area contributed by atoms with Crippen molar-refractivity contribution in [2.45, 2.75) is 20.8 Å². The van der Waals surface area contributed by atoms with Gasteiger partial charge in [-0.05, 0) is 67.5 Å². The fourth-order valence-corrected chi connectivity index (χ4v) is 3.83. The van der Waals surface area contributed by atoms with Gasteiger partial charge in [-0.15, -0.1) is 0 Å². The molecule has 0 spiro atoms. The molecule has 1 aliphatic rings. The second-order valence-electron chi connectivity index (χ2n) is 7.37. The van der Waals surface area contributed by atoms with E-state index in [1.807, 2.05) is 43.0 Å². The fourth-order valence-electron chi connectivity index (χ4n) is 3.32. The Morgan fingerprint density at radius 3 is 2.30 bits per heavy atom. The summed E-state index contributed by atoms with van der Waals surface area (Å²) in [6.07, 6.45) is 0. The molecule has 0 atom stereocenters. The zero-order valence-corrected chi connectivity index (χ0v) is 18.9. The molecular formula is C22H25ClN4O2S. The van der Waals surface area contributed by atoms with Crippen molar-refractivity contribution in [1.82, 2.24) is 10.2 Å². The molecule has 1 aliphatic heterocycles. The van der Waals surface area contributed by atoms with Crippen LogP contribution in [0.3, 0.4) is 0 Å². The van der Waals surface area contributed by atoms with Gasteiger partial charge in [0.05, 0.1) is 10.7 Å². The third-order valence-electron chi connectivity index (χ3n) is 5.27. The fraction of sp³-hybridized carbons (Fsp3) is 0.318. The molecule has 0 aliphatic carbocycles. The third kappa shape index (κ3) is 5.29. The maximum atomic E-state index is 12.4. The summed E-state index contributed by atoms with van der Waals surface area (Å²) in [6, 6.07) is 11.1. The van der Waals surface area contributed by atoms with E-state index in [0.29, 0.717) is 29.4 Å². The van der Waals surface area contributed by atoms with Gasteiger partial charge in [0.2, 0.25) is 5.91 Å². The maximum Gasteiger partial charge on any atom is 0.257 e. The molecule has 8 heteroatoms. The number of carbonyl (C=O) groups is 2. The predicted molar refractivity (Wildman–Crippen MR) is 126 cm³/mol. The van der Waals surface area contributed by atoms with E-state index >= 15 is 0 Å². The van der Waals surface area contributed by atoms with E-state index in [2.05, 4.69) is 15.5 Å². The molecule has 1 saturated heterocycles. The molecule has 0 saturated carbocycles. The molecule has 0 aromatic heterocycles.